The van der Waals surface area contributed by atoms with Crippen molar-refractivity contribution in [2.24, 2.45) is 0 Å². The van der Waals surface area contributed by atoms with Crippen molar-refractivity contribution < 1.29 is 9.90 Å². The first-order valence-electron chi connectivity index (χ1n) is 7.46. The zero-order valence-corrected chi connectivity index (χ0v) is 12.1. The summed E-state index contributed by atoms with van der Waals surface area (Å²) in [5.74, 6) is 0.343. The lowest BCUT2D eigenvalue weighted by Gasteiger charge is -2.24. The van der Waals surface area contributed by atoms with Crippen molar-refractivity contribution in [1.82, 2.24) is 10.2 Å². The minimum atomic E-state index is -0.0454. The van der Waals surface area contributed by atoms with E-state index in [4.69, 9.17) is 5.11 Å². The average molecular weight is 276 g/mol. The van der Waals surface area contributed by atoms with Crippen molar-refractivity contribution in [1.29, 1.82) is 0 Å². The van der Waals surface area contributed by atoms with Gasteiger partial charge >= 0.3 is 6.03 Å². The van der Waals surface area contributed by atoms with Crippen molar-refractivity contribution in [3.63, 3.8) is 0 Å². The SMILES string of the molecule is CCC(CNC(=O)N(CCO)C1CC1)c1ccccc1. The van der Waals surface area contributed by atoms with Crippen LogP contribution in [-0.2, 0) is 0 Å². The Hall–Kier alpha value is -1.55. The highest BCUT2D eigenvalue weighted by Gasteiger charge is 2.32. The van der Waals surface area contributed by atoms with Gasteiger partial charge < -0.3 is 15.3 Å². The molecule has 1 unspecified atom stereocenters. The van der Waals surface area contributed by atoms with Crippen LogP contribution in [0.15, 0.2) is 30.3 Å². The van der Waals surface area contributed by atoms with E-state index in [9.17, 15) is 4.79 Å². The predicted octanol–water partition coefficient (Wildman–Crippen LogP) is 2.35. The zero-order chi connectivity index (χ0) is 14.4. The van der Waals surface area contributed by atoms with Crippen LogP contribution in [0.4, 0.5) is 4.79 Å². The Morgan fingerprint density at radius 1 is 1.40 bits per heavy atom. The van der Waals surface area contributed by atoms with Gasteiger partial charge in [-0.2, -0.15) is 0 Å². The molecule has 1 atom stereocenters. The molecular formula is C16H24N2O2. The number of carbonyl (C=O) groups is 1. The molecule has 2 rings (SSSR count). The van der Waals surface area contributed by atoms with Crippen molar-refractivity contribution in [2.45, 2.75) is 38.1 Å². The number of nitrogens with zero attached hydrogens (tertiary/aromatic N) is 1. The van der Waals surface area contributed by atoms with E-state index in [1.165, 1.54) is 5.56 Å². The Kier molecular flexibility index (Phi) is 5.41. The zero-order valence-electron chi connectivity index (χ0n) is 12.1. The van der Waals surface area contributed by atoms with Gasteiger partial charge in [0.15, 0.2) is 0 Å². The number of rotatable bonds is 7. The van der Waals surface area contributed by atoms with Crippen LogP contribution in [0.25, 0.3) is 0 Å². The molecule has 0 aliphatic heterocycles. The maximum atomic E-state index is 12.2. The molecule has 0 radical (unpaired) electrons. The Morgan fingerprint density at radius 2 is 2.10 bits per heavy atom. The third-order valence-electron chi connectivity index (χ3n) is 3.85. The molecule has 0 spiro atoms. The summed E-state index contributed by atoms with van der Waals surface area (Å²) in [5.41, 5.74) is 1.26. The van der Waals surface area contributed by atoms with Gasteiger partial charge in [0.1, 0.15) is 0 Å². The first-order valence-corrected chi connectivity index (χ1v) is 7.46. The summed E-state index contributed by atoms with van der Waals surface area (Å²) in [7, 11) is 0. The molecule has 0 heterocycles. The van der Waals surface area contributed by atoms with Crippen LogP contribution in [0, 0.1) is 0 Å². The number of aliphatic hydroxyl groups excluding tert-OH is 1. The van der Waals surface area contributed by atoms with Gasteiger partial charge in [-0.05, 0) is 24.8 Å². The van der Waals surface area contributed by atoms with Crippen molar-refractivity contribution in [3.05, 3.63) is 35.9 Å². The molecule has 1 saturated carbocycles. The summed E-state index contributed by atoms with van der Waals surface area (Å²) in [6.07, 6.45) is 3.11. The number of aliphatic hydroxyl groups is 1. The quantitative estimate of drug-likeness (QED) is 0.803. The van der Waals surface area contributed by atoms with Gasteiger partial charge in [-0.25, -0.2) is 4.79 Å². The molecular weight excluding hydrogens is 252 g/mol. The molecule has 4 heteroatoms. The molecule has 1 aliphatic carbocycles. The largest absolute Gasteiger partial charge is 0.395 e. The smallest absolute Gasteiger partial charge is 0.317 e. The standard InChI is InChI=1S/C16H24N2O2/c1-2-13(14-6-4-3-5-7-14)12-17-16(20)18(10-11-19)15-8-9-15/h3-7,13,15,19H,2,8-12H2,1H3,(H,17,20). The van der Waals surface area contributed by atoms with Gasteiger partial charge in [0, 0.05) is 25.0 Å². The Balaban J connectivity index is 1.87. The van der Waals surface area contributed by atoms with Crippen LogP contribution >= 0.6 is 0 Å². The van der Waals surface area contributed by atoms with Crippen LogP contribution in [0.2, 0.25) is 0 Å². The number of amides is 2. The van der Waals surface area contributed by atoms with Crippen LogP contribution in [-0.4, -0.2) is 41.8 Å². The molecule has 2 amide bonds. The van der Waals surface area contributed by atoms with Gasteiger partial charge in [0.2, 0.25) is 0 Å². The molecule has 1 aromatic rings. The van der Waals surface area contributed by atoms with E-state index in [-0.39, 0.29) is 12.6 Å². The van der Waals surface area contributed by atoms with Crippen LogP contribution in [0.3, 0.4) is 0 Å². The molecule has 4 nitrogen and oxygen atoms in total. The van der Waals surface area contributed by atoms with E-state index in [0.29, 0.717) is 25.0 Å². The third kappa shape index (κ3) is 3.97. The number of hydrogen-bond donors (Lipinski definition) is 2. The highest BCUT2D eigenvalue weighted by Crippen LogP contribution is 2.26. The van der Waals surface area contributed by atoms with Crippen molar-refractivity contribution in [3.8, 4) is 0 Å². The molecule has 1 aromatic carbocycles. The molecule has 0 bridgehead atoms. The summed E-state index contributed by atoms with van der Waals surface area (Å²) in [5, 5.41) is 12.1. The fourth-order valence-electron chi connectivity index (χ4n) is 2.48. The molecule has 1 fully saturated rings. The van der Waals surface area contributed by atoms with E-state index in [1.54, 1.807) is 4.90 Å². The van der Waals surface area contributed by atoms with Crippen molar-refractivity contribution >= 4 is 6.03 Å². The molecule has 20 heavy (non-hydrogen) atoms. The molecule has 2 N–H and O–H groups in total. The van der Waals surface area contributed by atoms with Crippen LogP contribution < -0.4 is 5.32 Å². The van der Waals surface area contributed by atoms with Gasteiger partial charge in [0.25, 0.3) is 0 Å². The Bertz CT molecular complexity index is 418. The Labute approximate surface area is 120 Å². The van der Waals surface area contributed by atoms with Gasteiger partial charge in [-0.1, -0.05) is 37.3 Å². The molecule has 0 aromatic heterocycles. The normalized spacial score (nSPS) is 15.7. The third-order valence-corrected chi connectivity index (χ3v) is 3.85. The first-order chi connectivity index (χ1) is 9.76. The summed E-state index contributed by atoms with van der Waals surface area (Å²) in [6.45, 7) is 3.24. The van der Waals surface area contributed by atoms with E-state index >= 15 is 0 Å². The second-order valence-electron chi connectivity index (χ2n) is 5.35. The fraction of sp³-hybridized carbons (Fsp3) is 0.562. The monoisotopic (exact) mass is 276 g/mol. The minimum Gasteiger partial charge on any atom is -0.395 e. The molecule has 1 aliphatic rings. The second-order valence-corrected chi connectivity index (χ2v) is 5.35. The number of urea groups is 1. The highest BCUT2D eigenvalue weighted by atomic mass is 16.3. The topological polar surface area (TPSA) is 52.6 Å². The number of nitrogens with one attached hydrogen (secondary N) is 1. The number of benzene rings is 1. The lowest BCUT2D eigenvalue weighted by molar-refractivity contribution is 0.173. The van der Waals surface area contributed by atoms with Gasteiger partial charge in [-0.3, -0.25) is 0 Å². The summed E-state index contributed by atoms with van der Waals surface area (Å²) in [4.78, 5) is 13.9. The van der Waals surface area contributed by atoms with Crippen LogP contribution in [0.1, 0.15) is 37.7 Å². The second kappa shape index (κ2) is 7.29. The lowest BCUT2D eigenvalue weighted by atomic mass is 9.97. The van der Waals surface area contributed by atoms with E-state index < -0.39 is 0 Å². The summed E-state index contributed by atoms with van der Waals surface area (Å²) < 4.78 is 0. The molecule has 110 valence electrons. The predicted molar refractivity (Wildman–Crippen MR) is 79.7 cm³/mol. The number of carbonyl (C=O) groups excluding carboxylic acids is 1. The summed E-state index contributed by atoms with van der Waals surface area (Å²) >= 11 is 0. The average Bonchev–Trinajstić information content (AvgIpc) is 3.31. The van der Waals surface area contributed by atoms with Crippen molar-refractivity contribution in [2.75, 3.05) is 19.7 Å². The Morgan fingerprint density at radius 3 is 2.65 bits per heavy atom. The maximum Gasteiger partial charge on any atom is 0.317 e. The van der Waals surface area contributed by atoms with E-state index in [1.807, 2.05) is 18.2 Å². The lowest BCUT2D eigenvalue weighted by Crippen LogP contribution is -2.44. The number of hydrogen-bond acceptors (Lipinski definition) is 2. The summed E-state index contributed by atoms with van der Waals surface area (Å²) in [6, 6.07) is 10.6. The van der Waals surface area contributed by atoms with Gasteiger partial charge in [-0.15, -0.1) is 0 Å². The van der Waals surface area contributed by atoms with E-state index in [2.05, 4.69) is 24.4 Å². The van der Waals surface area contributed by atoms with E-state index in [0.717, 1.165) is 19.3 Å². The first kappa shape index (κ1) is 14.9. The van der Waals surface area contributed by atoms with Crippen LogP contribution in [0.5, 0.6) is 0 Å². The highest BCUT2D eigenvalue weighted by molar-refractivity contribution is 5.75. The minimum absolute atomic E-state index is 0.0276. The molecule has 0 saturated heterocycles. The van der Waals surface area contributed by atoms with Gasteiger partial charge in [0.05, 0.1) is 6.61 Å². The maximum absolute atomic E-state index is 12.2. The fourth-order valence-corrected chi connectivity index (χ4v) is 2.48.